The minimum atomic E-state index is -0.444. The van der Waals surface area contributed by atoms with Gasteiger partial charge in [-0.2, -0.15) is 10.1 Å². The van der Waals surface area contributed by atoms with Gasteiger partial charge in [0.25, 0.3) is 5.91 Å². The van der Waals surface area contributed by atoms with Crippen LogP contribution in [-0.2, 0) is 0 Å². The molecule has 0 aliphatic heterocycles. The van der Waals surface area contributed by atoms with Gasteiger partial charge in [0.1, 0.15) is 16.7 Å². The molecule has 0 bridgehead atoms. The molecule has 0 saturated heterocycles. The first-order valence-corrected chi connectivity index (χ1v) is 13.4. The van der Waals surface area contributed by atoms with Crippen molar-refractivity contribution in [2.45, 2.75) is 0 Å². The van der Waals surface area contributed by atoms with Crippen LogP contribution >= 0.6 is 50.2 Å². The van der Waals surface area contributed by atoms with Gasteiger partial charge in [0.15, 0.2) is 0 Å². The van der Waals surface area contributed by atoms with Crippen LogP contribution in [0.1, 0.15) is 15.2 Å². The Morgan fingerprint density at radius 2 is 1.81 bits per heavy atom. The normalized spacial score (nSPS) is 11.7. The van der Waals surface area contributed by atoms with E-state index >= 15 is 0 Å². The zero-order chi connectivity index (χ0) is 24.8. The van der Waals surface area contributed by atoms with Crippen molar-refractivity contribution in [2.75, 3.05) is 5.01 Å². The van der Waals surface area contributed by atoms with Gasteiger partial charge in [-0.1, -0.05) is 69.2 Å². The molecule has 6 aromatic rings. The third-order valence-corrected chi connectivity index (χ3v) is 8.61. The molecule has 3 aromatic carbocycles. The van der Waals surface area contributed by atoms with Gasteiger partial charge in [-0.05, 0) is 36.4 Å². The van der Waals surface area contributed by atoms with Crippen molar-refractivity contribution < 1.29 is 9.21 Å². The summed E-state index contributed by atoms with van der Waals surface area (Å²) < 4.78 is 8.25. The number of hydrogen-bond acceptors (Lipinski definition) is 7. The summed E-state index contributed by atoms with van der Waals surface area (Å²) in [6.07, 6.45) is 2.65. The molecule has 0 atom stereocenters. The molecule has 0 aliphatic rings. The number of rotatable bonds is 4. The van der Waals surface area contributed by atoms with Crippen LogP contribution in [0.25, 0.3) is 31.3 Å². The molecule has 0 unspecified atom stereocenters. The van der Waals surface area contributed by atoms with Crippen molar-refractivity contribution in [3.05, 3.63) is 103 Å². The summed E-state index contributed by atoms with van der Waals surface area (Å²) in [6, 6.07) is 20.2. The number of thiophene rings is 1. The summed E-state index contributed by atoms with van der Waals surface area (Å²) in [5.41, 5.74) is 1.15. The summed E-state index contributed by atoms with van der Waals surface area (Å²) >= 11 is 12.7. The number of thiazole rings is 1. The van der Waals surface area contributed by atoms with Gasteiger partial charge in [0, 0.05) is 14.6 Å². The third kappa shape index (κ3) is 4.04. The Morgan fingerprint density at radius 3 is 2.64 bits per heavy atom. The molecule has 0 spiro atoms. The zero-order valence-electron chi connectivity index (χ0n) is 18.1. The van der Waals surface area contributed by atoms with Crippen LogP contribution in [0.2, 0.25) is 5.02 Å². The highest BCUT2D eigenvalue weighted by Gasteiger charge is 2.26. The van der Waals surface area contributed by atoms with Crippen LogP contribution in [0, 0.1) is 0 Å². The predicted octanol–water partition coefficient (Wildman–Crippen LogP) is 7.71. The van der Waals surface area contributed by atoms with E-state index in [0.717, 1.165) is 24.8 Å². The zero-order valence-corrected chi connectivity index (χ0v) is 22.1. The maximum atomic E-state index is 13.8. The SMILES string of the molecule is O=C(c1sc2ccccc2c1Cl)N(/N=C/c1coc2ccccc2c1=O)c1nc2ccc(Br)cc2s1. The van der Waals surface area contributed by atoms with E-state index in [0.29, 0.717) is 26.0 Å². The van der Waals surface area contributed by atoms with Crippen molar-refractivity contribution in [1.29, 1.82) is 0 Å². The Bertz CT molecular complexity index is 1890. The Labute approximate surface area is 225 Å². The number of amides is 1. The Morgan fingerprint density at radius 1 is 1.03 bits per heavy atom. The molecule has 3 aromatic heterocycles. The Kier molecular flexibility index (Phi) is 5.93. The minimum Gasteiger partial charge on any atom is -0.463 e. The van der Waals surface area contributed by atoms with Crippen molar-refractivity contribution in [3.63, 3.8) is 0 Å². The van der Waals surface area contributed by atoms with E-state index in [1.807, 2.05) is 42.5 Å². The van der Waals surface area contributed by atoms with Crippen molar-refractivity contribution in [3.8, 4) is 0 Å². The van der Waals surface area contributed by atoms with Crippen LogP contribution in [0.4, 0.5) is 5.13 Å². The summed E-state index contributed by atoms with van der Waals surface area (Å²) in [4.78, 5) is 31.7. The van der Waals surface area contributed by atoms with Gasteiger partial charge in [0.2, 0.25) is 10.6 Å². The Hall–Kier alpha value is -3.37. The highest BCUT2D eigenvalue weighted by Crippen LogP contribution is 2.38. The minimum absolute atomic E-state index is 0.206. The predicted molar refractivity (Wildman–Crippen MR) is 151 cm³/mol. The number of carbonyl (C=O) groups excluding carboxylic acids is 1. The first-order chi connectivity index (χ1) is 17.5. The second-order valence-corrected chi connectivity index (χ2v) is 11.1. The molecule has 6 nitrogen and oxygen atoms in total. The van der Waals surface area contributed by atoms with Crippen LogP contribution in [0.3, 0.4) is 0 Å². The van der Waals surface area contributed by atoms with Crippen molar-refractivity contribution in [2.24, 2.45) is 5.10 Å². The van der Waals surface area contributed by atoms with Gasteiger partial charge in [-0.15, -0.1) is 11.3 Å². The lowest BCUT2D eigenvalue weighted by Crippen LogP contribution is -2.25. The average molecular weight is 595 g/mol. The number of nitrogens with zero attached hydrogens (tertiary/aromatic N) is 3. The van der Waals surface area contributed by atoms with Gasteiger partial charge < -0.3 is 4.42 Å². The summed E-state index contributed by atoms with van der Waals surface area (Å²) in [5, 5.41) is 7.53. The summed E-state index contributed by atoms with van der Waals surface area (Å²) in [5.74, 6) is -0.444. The first kappa shape index (κ1) is 23.1. The van der Waals surface area contributed by atoms with E-state index in [1.165, 1.54) is 40.2 Å². The van der Waals surface area contributed by atoms with Gasteiger partial charge in [-0.25, -0.2) is 4.98 Å². The lowest BCUT2D eigenvalue weighted by Gasteiger charge is -2.13. The molecule has 3 heterocycles. The molecule has 0 fully saturated rings. The molecule has 0 N–H and O–H groups in total. The van der Waals surface area contributed by atoms with Gasteiger partial charge in [-0.3, -0.25) is 9.59 Å². The fourth-order valence-corrected chi connectivity index (χ4v) is 6.63. The van der Waals surface area contributed by atoms with Crippen LogP contribution in [0.5, 0.6) is 0 Å². The molecule has 6 rings (SSSR count). The van der Waals surface area contributed by atoms with Crippen LogP contribution < -0.4 is 10.4 Å². The van der Waals surface area contributed by atoms with Crippen molar-refractivity contribution >= 4 is 98.7 Å². The largest absolute Gasteiger partial charge is 0.463 e. The van der Waals surface area contributed by atoms with E-state index in [-0.39, 0.29) is 11.0 Å². The van der Waals surface area contributed by atoms with E-state index in [1.54, 1.807) is 24.3 Å². The van der Waals surface area contributed by atoms with E-state index in [4.69, 9.17) is 16.0 Å². The highest BCUT2D eigenvalue weighted by molar-refractivity contribution is 9.10. The maximum absolute atomic E-state index is 13.8. The van der Waals surface area contributed by atoms with Crippen LogP contribution in [-0.4, -0.2) is 17.1 Å². The van der Waals surface area contributed by atoms with E-state index in [9.17, 15) is 9.59 Å². The smallest absolute Gasteiger partial charge is 0.292 e. The lowest BCUT2D eigenvalue weighted by atomic mass is 10.2. The molecule has 0 aliphatic carbocycles. The number of benzene rings is 3. The molecule has 0 saturated carbocycles. The molecule has 0 radical (unpaired) electrons. The molecular weight excluding hydrogens is 582 g/mol. The molecule has 36 heavy (non-hydrogen) atoms. The number of hydrazone groups is 1. The number of anilines is 1. The topological polar surface area (TPSA) is 75.8 Å². The summed E-state index contributed by atoms with van der Waals surface area (Å²) in [6.45, 7) is 0. The summed E-state index contributed by atoms with van der Waals surface area (Å²) in [7, 11) is 0. The first-order valence-electron chi connectivity index (χ1n) is 10.6. The van der Waals surface area contributed by atoms with E-state index in [2.05, 4.69) is 26.0 Å². The molecule has 1 amide bonds. The lowest BCUT2D eigenvalue weighted by molar-refractivity contribution is 0.0992. The van der Waals surface area contributed by atoms with Crippen molar-refractivity contribution in [1.82, 2.24) is 4.98 Å². The number of aromatic nitrogens is 1. The second-order valence-electron chi connectivity index (χ2n) is 7.73. The fourth-order valence-electron chi connectivity index (χ4n) is 3.72. The molecule has 176 valence electrons. The fraction of sp³-hybridized carbons (Fsp3) is 0. The quantitative estimate of drug-likeness (QED) is 0.155. The Balaban J connectivity index is 1.48. The van der Waals surface area contributed by atoms with Gasteiger partial charge in [0.05, 0.1) is 32.4 Å². The second kappa shape index (κ2) is 9.25. The number of para-hydroxylation sites is 1. The third-order valence-electron chi connectivity index (χ3n) is 5.46. The van der Waals surface area contributed by atoms with E-state index < -0.39 is 5.91 Å². The molecular formula is C26H13BrClN3O3S2. The maximum Gasteiger partial charge on any atom is 0.292 e. The number of fused-ring (bicyclic) bond motifs is 3. The van der Waals surface area contributed by atoms with Gasteiger partial charge >= 0.3 is 0 Å². The highest BCUT2D eigenvalue weighted by atomic mass is 79.9. The number of hydrogen-bond donors (Lipinski definition) is 0. The average Bonchev–Trinajstić information content (AvgIpc) is 3.46. The number of halogens is 2. The monoisotopic (exact) mass is 593 g/mol. The number of carbonyl (C=O) groups is 1. The molecule has 10 heteroatoms. The van der Waals surface area contributed by atoms with Crippen LogP contribution in [0.15, 0.2) is 91.8 Å². The standard InChI is InChI=1S/C26H13BrClN3O3S2/c27-15-9-10-18-21(11-15)36-26(30-18)31(25(33)24-22(28)17-6-2-4-8-20(17)35-24)29-12-14-13-34-19-7-3-1-5-16(19)23(14)32/h1-13H/b29-12+.